The number of halogens is 4. The van der Waals surface area contributed by atoms with Crippen molar-refractivity contribution in [1.82, 2.24) is 0 Å². The van der Waals surface area contributed by atoms with Crippen LogP contribution in [0, 0.1) is 11.8 Å². The van der Waals surface area contributed by atoms with E-state index in [9.17, 15) is 17.6 Å². The van der Waals surface area contributed by atoms with E-state index in [2.05, 4.69) is 44.9 Å². The highest BCUT2D eigenvalue weighted by molar-refractivity contribution is 5.44. The van der Waals surface area contributed by atoms with Crippen molar-refractivity contribution in [2.75, 3.05) is 6.61 Å². The second-order valence-electron chi connectivity index (χ2n) is 6.79. The fraction of sp³-hybridized carbons (Fsp3) is 0.524. The van der Waals surface area contributed by atoms with Gasteiger partial charge in [-0.3, -0.25) is 0 Å². The highest BCUT2D eigenvalue weighted by Crippen LogP contribution is 2.46. The molecule has 0 aromatic rings. The standard InChI is InChI=1S/C21H30F4O/c1-9-26-19(8)21(24,25)20(22,23)18(7)17(6)13-12-16(5)15(4)11-10-14(2)3/h12-15H,5-11H2,1-4H3/b13-12-. The Kier molecular flexibility index (Phi) is 9.12. The van der Waals surface area contributed by atoms with E-state index >= 15 is 0 Å². The first kappa shape index (κ1) is 24.2. The molecule has 0 bridgehead atoms. The second kappa shape index (κ2) is 9.79. The smallest absolute Gasteiger partial charge is 0.369 e. The molecule has 0 amide bonds. The molecule has 0 aliphatic heterocycles. The molecule has 5 heteroatoms. The number of alkyl halides is 4. The topological polar surface area (TPSA) is 9.23 Å². The van der Waals surface area contributed by atoms with Crippen LogP contribution in [0.5, 0.6) is 0 Å². The molecule has 0 aliphatic carbocycles. The van der Waals surface area contributed by atoms with Crippen LogP contribution in [0.4, 0.5) is 17.6 Å². The highest BCUT2D eigenvalue weighted by atomic mass is 19.3. The predicted molar refractivity (Wildman–Crippen MR) is 100 cm³/mol. The van der Waals surface area contributed by atoms with Gasteiger partial charge in [-0.15, -0.1) is 0 Å². The van der Waals surface area contributed by atoms with Crippen LogP contribution in [0.3, 0.4) is 0 Å². The Morgan fingerprint density at radius 3 is 1.92 bits per heavy atom. The molecule has 1 nitrogen and oxygen atoms in total. The summed E-state index contributed by atoms with van der Waals surface area (Å²) in [6, 6.07) is 0. The molecule has 0 radical (unpaired) electrons. The van der Waals surface area contributed by atoms with E-state index in [1.54, 1.807) is 0 Å². The molecule has 0 saturated carbocycles. The fourth-order valence-electron chi connectivity index (χ4n) is 2.07. The zero-order valence-electron chi connectivity index (χ0n) is 16.2. The lowest BCUT2D eigenvalue weighted by molar-refractivity contribution is -0.181. The molecule has 0 spiro atoms. The third kappa shape index (κ3) is 6.19. The van der Waals surface area contributed by atoms with Crippen LogP contribution in [-0.4, -0.2) is 18.5 Å². The van der Waals surface area contributed by atoms with Crippen LogP contribution < -0.4 is 0 Å². The van der Waals surface area contributed by atoms with Crippen molar-refractivity contribution in [1.29, 1.82) is 0 Å². The van der Waals surface area contributed by atoms with E-state index in [0.717, 1.165) is 12.8 Å². The quantitative estimate of drug-likeness (QED) is 0.201. The highest BCUT2D eigenvalue weighted by Gasteiger charge is 2.61. The molecule has 148 valence electrons. The van der Waals surface area contributed by atoms with Crippen molar-refractivity contribution < 1.29 is 22.3 Å². The maximum atomic E-state index is 14.2. The Labute approximate surface area is 154 Å². The van der Waals surface area contributed by atoms with Gasteiger partial charge in [-0.05, 0) is 30.8 Å². The Bertz CT molecular complexity index is 571. The van der Waals surface area contributed by atoms with Gasteiger partial charge in [-0.1, -0.05) is 71.2 Å². The van der Waals surface area contributed by atoms with Crippen molar-refractivity contribution in [3.8, 4) is 0 Å². The lowest BCUT2D eigenvalue weighted by atomic mass is 9.92. The van der Waals surface area contributed by atoms with Gasteiger partial charge in [-0.25, -0.2) is 0 Å². The summed E-state index contributed by atoms with van der Waals surface area (Å²) in [6.07, 6.45) is 4.66. The maximum absolute atomic E-state index is 14.2. The first-order chi connectivity index (χ1) is 11.8. The molecule has 0 saturated heterocycles. The lowest BCUT2D eigenvalue weighted by Gasteiger charge is -2.29. The summed E-state index contributed by atoms with van der Waals surface area (Å²) in [6.45, 7) is 20.7. The Morgan fingerprint density at radius 2 is 1.46 bits per heavy atom. The van der Waals surface area contributed by atoms with Crippen molar-refractivity contribution in [3.63, 3.8) is 0 Å². The summed E-state index contributed by atoms with van der Waals surface area (Å²) in [5.41, 5.74) is -0.660. The number of allylic oxidation sites excluding steroid dienone is 6. The third-order valence-electron chi connectivity index (χ3n) is 4.14. The van der Waals surface area contributed by atoms with Crippen molar-refractivity contribution >= 4 is 0 Å². The molecule has 1 atom stereocenters. The molecule has 0 N–H and O–H groups in total. The predicted octanol–water partition coefficient (Wildman–Crippen LogP) is 7.10. The number of hydrogen-bond donors (Lipinski definition) is 0. The molecule has 1 unspecified atom stereocenters. The van der Waals surface area contributed by atoms with E-state index in [1.165, 1.54) is 19.1 Å². The van der Waals surface area contributed by atoms with Crippen LogP contribution in [0.2, 0.25) is 0 Å². The van der Waals surface area contributed by atoms with Crippen LogP contribution in [-0.2, 0) is 4.74 Å². The van der Waals surface area contributed by atoms with Gasteiger partial charge in [0.1, 0.15) is 0 Å². The Balaban J connectivity index is 5.12. The van der Waals surface area contributed by atoms with Gasteiger partial charge >= 0.3 is 11.8 Å². The zero-order valence-corrected chi connectivity index (χ0v) is 16.2. The molecule has 0 rings (SSSR count). The Hall–Kier alpha value is -1.78. The van der Waals surface area contributed by atoms with Gasteiger partial charge in [0, 0.05) is 5.57 Å². The van der Waals surface area contributed by atoms with Gasteiger partial charge in [0.25, 0.3) is 0 Å². The van der Waals surface area contributed by atoms with E-state index in [4.69, 9.17) is 0 Å². The van der Waals surface area contributed by atoms with Gasteiger partial charge in [0.2, 0.25) is 0 Å². The summed E-state index contributed by atoms with van der Waals surface area (Å²) < 4.78 is 60.8. The summed E-state index contributed by atoms with van der Waals surface area (Å²) in [5.74, 6) is -9.75. The normalized spacial score (nSPS) is 13.7. The zero-order chi connectivity index (χ0) is 20.7. The van der Waals surface area contributed by atoms with Crippen LogP contribution in [0.1, 0.15) is 40.5 Å². The van der Waals surface area contributed by atoms with Crippen LogP contribution in [0.15, 0.2) is 60.9 Å². The summed E-state index contributed by atoms with van der Waals surface area (Å²) >= 11 is 0. The van der Waals surface area contributed by atoms with Crippen molar-refractivity contribution in [2.45, 2.75) is 52.4 Å². The van der Waals surface area contributed by atoms with Gasteiger partial charge in [-0.2, -0.15) is 17.6 Å². The third-order valence-corrected chi connectivity index (χ3v) is 4.14. The molecule has 26 heavy (non-hydrogen) atoms. The summed E-state index contributed by atoms with van der Waals surface area (Å²) in [7, 11) is 0. The monoisotopic (exact) mass is 374 g/mol. The van der Waals surface area contributed by atoms with E-state index in [0.29, 0.717) is 11.5 Å². The number of rotatable bonds is 12. The minimum Gasteiger partial charge on any atom is -0.492 e. The number of ether oxygens (including phenoxy) is 1. The first-order valence-corrected chi connectivity index (χ1v) is 8.62. The number of hydrogen-bond acceptors (Lipinski definition) is 1. The maximum Gasteiger partial charge on any atom is 0.369 e. The van der Waals surface area contributed by atoms with Crippen LogP contribution in [0.25, 0.3) is 0 Å². The largest absolute Gasteiger partial charge is 0.492 e. The molecular weight excluding hydrogens is 344 g/mol. The minimum absolute atomic E-state index is 0.148. The SMILES string of the molecule is C=C(/C=C\C(=C)C(C)CCC(C)C)C(=C)C(F)(F)C(F)(F)C(=C)OCC. The lowest BCUT2D eigenvalue weighted by Crippen LogP contribution is -2.44. The summed E-state index contributed by atoms with van der Waals surface area (Å²) in [5, 5.41) is 0. The van der Waals surface area contributed by atoms with Crippen molar-refractivity contribution in [2.24, 2.45) is 11.8 Å². The van der Waals surface area contributed by atoms with Gasteiger partial charge < -0.3 is 4.74 Å². The fourth-order valence-corrected chi connectivity index (χ4v) is 2.07. The molecular formula is C21H30F4O. The molecule has 0 aliphatic rings. The van der Waals surface area contributed by atoms with Gasteiger partial charge in [0.05, 0.1) is 6.61 Å². The minimum atomic E-state index is -4.58. The van der Waals surface area contributed by atoms with Gasteiger partial charge in [0.15, 0.2) is 5.76 Å². The molecule has 0 fully saturated rings. The van der Waals surface area contributed by atoms with E-state index in [1.807, 2.05) is 6.92 Å². The van der Waals surface area contributed by atoms with Crippen molar-refractivity contribution in [3.05, 3.63) is 60.9 Å². The molecule has 0 aromatic heterocycles. The second-order valence-corrected chi connectivity index (χ2v) is 6.79. The molecule has 0 aromatic carbocycles. The first-order valence-electron chi connectivity index (χ1n) is 8.62. The van der Waals surface area contributed by atoms with E-state index in [-0.39, 0.29) is 18.1 Å². The van der Waals surface area contributed by atoms with Crippen LogP contribution >= 0.6 is 0 Å². The average Bonchev–Trinajstić information content (AvgIpc) is 2.56. The summed E-state index contributed by atoms with van der Waals surface area (Å²) in [4.78, 5) is 0. The Morgan fingerprint density at radius 1 is 0.923 bits per heavy atom. The van der Waals surface area contributed by atoms with E-state index < -0.39 is 23.2 Å². The average molecular weight is 374 g/mol. The molecule has 0 heterocycles.